The molecule has 0 bridgehead atoms. The molecule has 0 saturated carbocycles. The molecule has 1 atom stereocenters. The van der Waals surface area contributed by atoms with Crippen LogP contribution >= 0.6 is 24.0 Å². The van der Waals surface area contributed by atoms with E-state index in [0.717, 1.165) is 30.2 Å². The molecule has 2 saturated heterocycles. The van der Waals surface area contributed by atoms with Gasteiger partial charge in [-0.1, -0.05) is 72.5 Å². The predicted molar refractivity (Wildman–Crippen MR) is 135 cm³/mol. The SMILES string of the molecule is O=C(CN1C(=O)/C(=C2\SC(=S)N(C[C@@H]3CCCO3)C2=O)c2ccccc21)NCc1ccccc1. The Balaban J connectivity index is 1.37. The molecule has 0 aliphatic carbocycles. The van der Waals surface area contributed by atoms with Crippen LogP contribution < -0.4 is 10.2 Å². The molecule has 3 aliphatic heterocycles. The molecule has 9 heteroatoms. The molecule has 1 N–H and O–H groups in total. The molecule has 2 aromatic carbocycles. The second kappa shape index (κ2) is 9.69. The second-order valence-electron chi connectivity index (χ2n) is 8.29. The van der Waals surface area contributed by atoms with Gasteiger partial charge >= 0.3 is 0 Å². The molecule has 0 spiro atoms. The van der Waals surface area contributed by atoms with Crippen LogP contribution in [0.3, 0.4) is 0 Å². The van der Waals surface area contributed by atoms with E-state index >= 15 is 0 Å². The highest BCUT2D eigenvalue weighted by Crippen LogP contribution is 2.44. The molecule has 5 rings (SSSR count). The van der Waals surface area contributed by atoms with Crippen molar-refractivity contribution >= 4 is 57.3 Å². The van der Waals surface area contributed by atoms with Crippen LogP contribution in [0.1, 0.15) is 24.0 Å². The van der Waals surface area contributed by atoms with Crippen LogP contribution in [0.25, 0.3) is 5.57 Å². The molecular formula is C25H23N3O4S2. The van der Waals surface area contributed by atoms with Gasteiger partial charge in [0.15, 0.2) is 0 Å². The van der Waals surface area contributed by atoms with Crippen molar-refractivity contribution in [3.05, 3.63) is 70.6 Å². The molecule has 3 aliphatic rings. The lowest BCUT2D eigenvalue weighted by atomic mass is 10.1. The van der Waals surface area contributed by atoms with E-state index in [2.05, 4.69) is 5.32 Å². The minimum absolute atomic E-state index is 0.0387. The zero-order chi connectivity index (χ0) is 23.7. The number of ether oxygens (including phenoxy) is 1. The number of thioether (sulfide) groups is 1. The Kier molecular flexibility index (Phi) is 6.49. The Bertz CT molecular complexity index is 1190. The highest BCUT2D eigenvalue weighted by molar-refractivity contribution is 8.26. The second-order valence-corrected chi connectivity index (χ2v) is 9.94. The average Bonchev–Trinajstić information content (AvgIpc) is 3.53. The van der Waals surface area contributed by atoms with E-state index in [9.17, 15) is 14.4 Å². The van der Waals surface area contributed by atoms with Gasteiger partial charge in [0, 0.05) is 18.7 Å². The largest absolute Gasteiger partial charge is 0.376 e. The molecule has 2 aromatic rings. The summed E-state index contributed by atoms with van der Waals surface area (Å²) in [5.41, 5.74) is 2.53. The summed E-state index contributed by atoms with van der Waals surface area (Å²) in [7, 11) is 0. The van der Waals surface area contributed by atoms with Crippen LogP contribution in [-0.4, -0.2) is 52.7 Å². The molecular weight excluding hydrogens is 470 g/mol. The molecule has 2 fully saturated rings. The number of nitrogens with zero attached hydrogens (tertiary/aromatic N) is 2. The maximum Gasteiger partial charge on any atom is 0.267 e. The number of thiocarbonyl (C=S) groups is 1. The molecule has 7 nitrogen and oxygen atoms in total. The normalized spacial score (nSPS) is 22.0. The Morgan fingerprint density at radius 3 is 2.59 bits per heavy atom. The lowest BCUT2D eigenvalue weighted by molar-refractivity contribution is -0.123. The maximum absolute atomic E-state index is 13.5. The number of hydrogen-bond donors (Lipinski definition) is 1. The van der Waals surface area contributed by atoms with Gasteiger partial charge in [-0.05, 0) is 24.5 Å². The van der Waals surface area contributed by atoms with Crippen LogP contribution in [0, 0.1) is 0 Å². The maximum atomic E-state index is 13.5. The van der Waals surface area contributed by atoms with Crippen LogP contribution in [0.15, 0.2) is 59.5 Å². The summed E-state index contributed by atoms with van der Waals surface area (Å²) >= 11 is 6.61. The highest BCUT2D eigenvalue weighted by Gasteiger charge is 2.43. The summed E-state index contributed by atoms with van der Waals surface area (Å²) in [6.07, 6.45) is 1.81. The Hall–Kier alpha value is -3.01. The fraction of sp³-hybridized carbons (Fsp3) is 0.280. The Morgan fingerprint density at radius 2 is 1.82 bits per heavy atom. The van der Waals surface area contributed by atoms with E-state index in [-0.39, 0.29) is 30.4 Å². The number of nitrogens with one attached hydrogen (secondary N) is 1. The fourth-order valence-electron chi connectivity index (χ4n) is 4.35. The van der Waals surface area contributed by atoms with Crippen molar-refractivity contribution < 1.29 is 19.1 Å². The molecule has 0 radical (unpaired) electrons. The first kappa shape index (κ1) is 22.8. The van der Waals surface area contributed by atoms with Crippen molar-refractivity contribution in [2.24, 2.45) is 0 Å². The molecule has 0 aromatic heterocycles. The van der Waals surface area contributed by atoms with E-state index in [1.807, 2.05) is 42.5 Å². The minimum Gasteiger partial charge on any atom is -0.376 e. The first-order chi connectivity index (χ1) is 16.5. The quantitative estimate of drug-likeness (QED) is 0.492. The average molecular weight is 494 g/mol. The number of anilines is 1. The third-order valence-electron chi connectivity index (χ3n) is 6.04. The van der Waals surface area contributed by atoms with Gasteiger partial charge in [0.1, 0.15) is 10.9 Å². The first-order valence-electron chi connectivity index (χ1n) is 11.1. The van der Waals surface area contributed by atoms with E-state index in [1.165, 1.54) is 9.80 Å². The van der Waals surface area contributed by atoms with Crippen molar-refractivity contribution in [3.63, 3.8) is 0 Å². The van der Waals surface area contributed by atoms with Gasteiger partial charge in [-0.15, -0.1) is 0 Å². The minimum atomic E-state index is -0.367. The lowest BCUT2D eigenvalue weighted by Gasteiger charge is -2.18. The van der Waals surface area contributed by atoms with Gasteiger partial charge in [0.05, 0.1) is 28.8 Å². The van der Waals surface area contributed by atoms with Crippen LogP contribution in [-0.2, 0) is 25.7 Å². The molecule has 34 heavy (non-hydrogen) atoms. The van der Waals surface area contributed by atoms with Gasteiger partial charge in [-0.3, -0.25) is 24.2 Å². The van der Waals surface area contributed by atoms with Crippen molar-refractivity contribution in [1.29, 1.82) is 0 Å². The predicted octanol–water partition coefficient (Wildman–Crippen LogP) is 3.10. The van der Waals surface area contributed by atoms with E-state index < -0.39 is 0 Å². The summed E-state index contributed by atoms with van der Waals surface area (Å²) in [4.78, 5) is 42.7. The first-order valence-corrected chi connectivity index (χ1v) is 12.4. The zero-order valence-electron chi connectivity index (χ0n) is 18.4. The number of para-hydroxylation sites is 1. The number of hydrogen-bond acceptors (Lipinski definition) is 6. The number of carbonyl (C=O) groups excluding carboxylic acids is 3. The summed E-state index contributed by atoms with van der Waals surface area (Å²) in [5.74, 6) is -0.924. The number of carbonyl (C=O) groups is 3. The van der Waals surface area contributed by atoms with Crippen LogP contribution in [0.5, 0.6) is 0 Å². The van der Waals surface area contributed by atoms with Gasteiger partial charge in [0.25, 0.3) is 11.8 Å². The van der Waals surface area contributed by atoms with Crippen molar-refractivity contribution in [1.82, 2.24) is 10.2 Å². The van der Waals surface area contributed by atoms with Crippen molar-refractivity contribution in [2.45, 2.75) is 25.5 Å². The number of benzene rings is 2. The van der Waals surface area contributed by atoms with E-state index in [0.29, 0.717) is 45.7 Å². The zero-order valence-corrected chi connectivity index (χ0v) is 20.0. The topological polar surface area (TPSA) is 79.0 Å². The number of fused-ring (bicyclic) bond motifs is 1. The van der Waals surface area contributed by atoms with Gasteiger partial charge < -0.3 is 10.1 Å². The summed E-state index contributed by atoms with van der Waals surface area (Å²) in [6, 6.07) is 16.8. The molecule has 174 valence electrons. The van der Waals surface area contributed by atoms with Crippen molar-refractivity contribution in [2.75, 3.05) is 24.6 Å². The van der Waals surface area contributed by atoms with E-state index in [4.69, 9.17) is 17.0 Å². The summed E-state index contributed by atoms with van der Waals surface area (Å²) in [5, 5.41) is 2.86. The van der Waals surface area contributed by atoms with E-state index in [1.54, 1.807) is 12.1 Å². The summed E-state index contributed by atoms with van der Waals surface area (Å²) < 4.78 is 6.09. The number of amides is 3. The third kappa shape index (κ3) is 4.38. The van der Waals surface area contributed by atoms with Crippen LogP contribution in [0.4, 0.5) is 5.69 Å². The van der Waals surface area contributed by atoms with Gasteiger partial charge in [0.2, 0.25) is 5.91 Å². The van der Waals surface area contributed by atoms with Gasteiger partial charge in [-0.25, -0.2) is 0 Å². The standard InChI is InChI=1S/C25H23N3O4S2/c29-20(26-13-16-7-2-1-3-8-16)15-27-19-11-5-4-10-18(19)21(23(27)30)22-24(31)28(25(33)34-22)14-17-9-6-12-32-17/h1-5,7-8,10-11,17H,6,9,12-15H2,(H,26,29)/b22-21-/t17-/m0/s1. The smallest absolute Gasteiger partial charge is 0.267 e. The van der Waals surface area contributed by atoms with Gasteiger partial charge in [-0.2, -0.15) is 0 Å². The molecule has 3 amide bonds. The van der Waals surface area contributed by atoms with Crippen molar-refractivity contribution in [3.8, 4) is 0 Å². The molecule has 3 heterocycles. The number of rotatable bonds is 6. The molecule has 0 unspecified atom stereocenters. The highest BCUT2D eigenvalue weighted by atomic mass is 32.2. The monoisotopic (exact) mass is 493 g/mol. The lowest BCUT2D eigenvalue weighted by Crippen LogP contribution is -2.39. The third-order valence-corrected chi connectivity index (χ3v) is 7.49. The summed E-state index contributed by atoms with van der Waals surface area (Å²) in [6.45, 7) is 1.32. The Morgan fingerprint density at radius 1 is 1.06 bits per heavy atom. The fourth-order valence-corrected chi connectivity index (χ4v) is 5.70. The van der Waals surface area contributed by atoms with Crippen LogP contribution in [0.2, 0.25) is 0 Å². The Labute approximate surface area is 207 Å².